The molecule has 9 heteroatoms. The zero-order chi connectivity index (χ0) is 13.6. The Hall–Kier alpha value is -1.87. The van der Waals surface area contributed by atoms with Crippen LogP contribution in [0.15, 0.2) is 23.2 Å². The lowest BCUT2D eigenvalue weighted by Crippen LogP contribution is -2.29. The van der Waals surface area contributed by atoms with E-state index in [4.69, 9.17) is 5.73 Å². The van der Waals surface area contributed by atoms with Crippen molar-refractivity contribution in [2.75, 3.05) is 25.5 Å². The highest BCUT2D eigenvalue weighted by Gasteiger charge is 2.18. The van der Waals surface area contributed by atoms with Gasteiger partial charge in [0, 0.05) is 19.8 Å². The Morgan fingerprint density at radius 3 is 2.89 bits per heavy atom. The van der Waals surface area contributed by atoms with Gasteiger partial charge in [0.15, 0.2) is 0 Å². The fraction of sp³-hybridized carbons (Fsp3) is 0.333. The minimum atomic E-state index is -3.71. The van der Waals surface area contributed by atoms with Gasteiger partial charge in [0.05, 0.1) is 0 Å². The van der Waals surface area contributed by atoms with Gasteiger partial charge in [-0.3, -0.25) is 0 Å². The van der Waals surface area contributed by atoms with Crippen molar-refractivity contribution >= 4 is 21.9 Å². The van der Waals surface area contributed by atoms with Crippen LogP contribution in [-0.4, -0.2) is 39.7 Å². The number of sulfonamides is 1. The number of hydrogen-bond donors (Lipinski definition) is 3. The van der Waals surface area contributed by atoms with Gasteiger partial charge in [0.1, 0.15) is 17.3 Å². The first-order chi connectivity index (χ1) is 8.47. The molecule has 0 radical (unpaired) electrons. The van der Waals surface area contributed by atoms with E-state index in [1.807, 2.05) is 0 Å². The fourth-order valence-electron chi connectivity index (χ4n) is 1.20. The third kappa shape index (κ3) is 3.86. The SMILES string of the molecule is CNc1ncccc1S(=O)(=O)NCCOC(N)=O. The first kappa shape index (κ1) is 14.2. The quantitative estimate of drug-likeness (QED) is 0.601. The second-order valence-electron chi connectivity index (χ2n) is 3.17. The number of carbonyl (C=O) groups excluding carboxylic acids is 1. The van der Waals surface area contributed by atoms with Crippen LogP contribution in [-0.2, 0) is 14.8 Å². The van der Waals surface area contributed by atoms with Gasteiger partial charge in [-0.1, -0.05) is 0 Å². The summed E-state index contributed by atoms with van der Waals surface area (Å²) in [5.74, 6) is 0.237. The van der Waals surface area contributed by atoms with Crippen LogP contribution in [0.3, 0.4) is 0 Å². The molecule has 1 rings (SSSR count). The van der Waals surface area contributed by atoms with Crippen molar-refractivity contribution in [1.82, 2.24) is 9.71 Å². The van der Waals surface area contributed by atoms with Crippen LogP contribution in [0.25, 0.3) is 0 Å². The Balaban J connectivity index is 2.71. The normalized spacial score (nSPS) is 10.9. The number of hydrogen-bond acceptors (Lipinski definition) is 6. The minimum absolute atomic E-state index is 0.0200. The summed E-state index contributed by atoms with van der Waals surface area (Å²) in [7, 11) is -2.14. The molecule has 4 N–H and O–H groups in total. The lowest BCUT2D eigenvalue weighted by Gasteiger charge is -2.09. The Bertz CT molecular complexity index is 517. The predicted octanol–water partition coefficient (Wildman–Crippen LogP) is -0.503. The summed E-state index contributed by atoms with van der Waals surface area (Å²) in [5.41, 5.74) is 4.74. The van der Waals surface area contributed by atoms with Gasteiger partial charge >= 0.3 is 6.09 Å². The third-order valence-corrected chi connectivity index (χ3v) is 3.43. The first-order valence-corrected chi connectivity index (χ1v) is 6.50. The average molecular weight is 274 g/mol. The number of nitrogens with zero attached hydrogens (tertiary/aromatic N) is 1. The maximum absolute atomic E-state index is 11.9. The molecule has 0 unspecified atom stereocenters. The van der Waals surface area contributed by atoms with Crippen LogP contribution in [0.4, 0.5) is 10.6 Å². The number of nitrogens with two attached hydrogens (primary N) is 1. The number of pyridine rings is 1. The zero-order valence-corrected chi connectivity index (χ0v) is 10.5. The molecule has 0 aromatic carbocycles. The Morgan fingerprint density at radius 1 is 1.56 bits per heavy atom. The van der Waals surface area contributed by atoms with Gasteiger partial charge < -0.3 is 15.8 Å². The van der Waals surface area contributed by atoms with Gasteiger partial charge in [0.25, 0.3) is 0 Å². The molecule has 0 aliphatic rings. The predicted molar refractivity (Wildman–Crippen MR) is 64.5 cm³/mol. The molecule has 100 valence electrons. The van der Waals surface area contributed by atoms with Crippen LogP contribution >= 0.6 is 0 Å². The Kier molecular flexibility index (Phi) is 4.86. The summed E-state index contributed by atoms with van der Waals surface area (Å²) >= 11 is 0. The molecule has 1 aromatic rings. The van der Waals surface area contributed by atoms with Crippen LogP contribution in [0.5, 0.6) is 0 Å². The fourth-order valence-corrected chi connectivity index (χ4v) is 2.38. The zero-order valence-electron chi connectivity index (χ0n) is 9.71. The summed E-state index contributed by atoms with van der Waals surface area (Å²) in [4.78, 5) is 14.2. The number of primary amides is 1. The van der Waals surface area contributed by atoms with E-state index in [1.54, 1.807) is 7.05 Å². The smallest absolute Gasteiger partial charge is 0.404 e. The molecule has 0 bridgehead atoms. The molecular weight excluding hydrogens is 260 g/mol. The topological polar surface area (TPSA) is 123 Å². The van der Waals surface area contributed by atoms with Crippen LogP contribution in [0, 0.1) is 0 Å². The van der Waals surface area contributed by atoms with Crippen LogP contribution < -0.4 is 15.8 Å². The molecule has 0 atom stereocenters. The maximum Gasteiger partial charge on any atom is 0.404 e. The van der Waals surface area contributed by atoms with Gasteiger partial charge in [0.2, 0.25) is 10.0 Å². The number of amides is 1. The van der Waals surface area contributed by atoms with E-state index in [0.29, 0.717) is 0 Å². The lowest BCUT2D eigenvalue weighted by molar-refractivity contribution is 0.159. The first-order valence-electron chi connectivity index (χ1n) is 5.02. The number of nitrogens with one attached hydrogen (secondary N) is 2. The van der Waals surface area contributed by atoms with Crippen molar-refractivity contribution in [2.24, 2.45) is 5.73 Å². The Morgan fingerprint density at radius 2 is 2.28 bits per heavy atom. The standard InChI is InChI=1S/C9H14N4O4S/c1-11-8-7(3-2-4-12-8)18(15,16)13-5-6-17-9(10)14/h2-4,13H,5-6H2,1H3,(H2,10,14)(H,11,12). The summed E-state index contributed by atoms with van der Waals surface area (Å²) in [5, 5.41) is 2.67. The summed E-state index contributed by atoms with van der Waals surface area (Å²) in [6.45, 7) is -0.201. The van der Waals surface area contributed by atoms with E-state index in [0.717, 1.165) is 0 Å². The van der Waals surface area contributed by atoms with Crippen molar-refractivity contribution in [2.45, 2.75) is 4.90 Å². The lowest BCUT2D eigenvalue weighted by atomic mass is 10.5. The van der Waals surface area contributed by atoms with Crippen molar-refractivity contribution in [3.8, 4) is 0 Å². The Labute approximate surface area is 105 Å². The molecular formula is C9H14N4O4S. The molecule has 0 aliphatic heterocycles. The summed E-state index contributed by atoms with van der Waals surface area (Å²) in [6.07, 6.45) is 0.521. The number of ether oxygens (including phenoxy) is 1. The van der Waals surface area contributed by atoms with Crippen molar-refractivity contribution in [3.63, 3.8) is 0 Å². The molecule has 0 spiro atoms. The average Bonchev–Trinajstić information content (AvgIpc) is 2.34. The molecule has 8 nitrogen and oxygen atoms in total. The van der Waals surface area contributed by atoms with E-state index in [-0.39, 0.29) is 23.9 Å². The highest BCUT2D eigenvalue weighted by molar-refractivity contribution is 7.89. The second kappa shape index (κ2) is 6.17. The van der Waals surface area contributed by atoms with Gasteiger partial charge in [-0.25, -0.2) is 22.9 Å². The maximum atomic E-state index is 11.9. The molecule has 1 amide bonds. The van der Waals surface area contributed by atoms with Crippen LogP contribution in [0.1, 0.15) is 0 Å². The van der Waals surface area contributed by atoms with E-state index >= 15 is 0 Å². The molecule has 0 aliphatic carbocycles. The summed E-state index contributed by atoms with van der Waals surface area (Å²) < 4.78 is 30.5. The highest BCUT2D eigenvalue weighted by Crippen LogP contribution is 2.16. The van der Waals surface area contributed by atoms with Crippen molar-refractivity contribution < 1.29 is 17.9 Å². The molecule has 1 heterocycles. The highest BCUT2D eigenvalue weighted by atomic mass is 32.2. The van der Waals surface area contributed by atoms with E-state index < -0.39 is 16.1 Å². The van der Waals surface area contributed by atoms with E-state index in [2.05, 4.69) is 19.8 Å². The molecule has 18 heavy (non-hydrogen) atoms. The monoisotopic (exact) mass is 274 g/mol. The largest absolute Gasteiger partial charge is 0.448 e. The molecule has 0 fully saturated rings. The number of anilines is 1. The molecule has 1 aromatic heterocycles. The number of aromatic nitrogens is 1. The molecule has 0 saturated carbocycles. The van der Waals surface area contributed by atoms with Gasteiger partial charge in [-0.05, 0) is 12.1 Å². The van der Waals surface area contributed by atoms with Crippen LogP contribution in [0.2, 0.25) is 0 Å². The third-order valence-electron chi connectivity index (χ3n) is 1.94. The van der Waals surface area contributed by atoms with Crippen molar-refractivity contribution in [1.29, 1.82) is 0 Å². The molecule has 0 saturated heterocycles. The van der Waals surface area contributed by atoms with Crippen molar-refractivity contribution in [3.05, 3.63) is 18.3 Å². The summed E-state index contributed by atoms with van der Waals surface area (Å²) in [6, 6.07) is 2.92. The van der Waals surface area contributed by atoms with E-state index in [1.165, 1.54) is 18.3 Å². The van der Waals surface area contributed by atoms with E-state index in [9.17, 15) is 13.2 Å². The van der Waals surface area contributed by atoms with Gasteiger partial charge in [-0.2, -0.15) is 0 Å². The number of carbonyl (C=O) groups is 1. The minimum Gasteiger partial charge on any atom is -0.448 e. The van der Waals surface area contributed by atoms with Gasteiger partial charge in [-0.15, -0.1) is 0 Å². The second-order valence-corrected chi connectivity index (χ2v) is 4.90. The number of rotatable bonds is 6.